The summed E-state index contributed by atoms with van der Waals surface area (Å²) in [6.07, 6.45) is 0. The maximum absolute atomic E-state index is 9.81. The summed E-state index contributed by atoms with van der Waals surface area (Å²) in [4.78, 5) is 15.4. The lowest BCUT2D eigenvalue weighted by Gasteiger charge is -2.17. The summed E-state index contributed by atoms with van der Waals surface area (Å²) < 4.78 is 112. The standard InChI is InChI=1S/C57H36N4S/c1-4-15-37(16-5-1)40-21-14-22-41(33-40)43-29-32-52(61-50-25-12-10-23-45(50)48-34-42(28-31-51(48)61)38-17-6-2-7-18-38)49(35-43)57-59-55(39-19-8-3-9-20-39)58-56(60-57)44-27-30-47-46-24-11-13-26-53(46)62-54(47)36-44/h1-36H/i2D,6D,7D,10D,12D,17D,18D,23D,25D,28D,31D,34D. The Balaban J connectivity index is 1.20. The number of aromatic nitrogens is 4. The highest BCUT2D eigenvalue weighted by atomic mass is 32.1. The summed E-state index contributed by atoms with van der Waals surface area (Å²) in [5, 5.41) is 1.86. The fraction of sp³-hybridized carbons (Fsp3) is 0. The number of para-hydroxylation sites is 1. The minimum absolute atomic E-state index is 0.126. The molecule has 0 N–H and O–H groups in total. The first kappa shape index (κ1) is 25.6. The maximum Gasteiger partial charge on any atom is 0.166 e. The Bertz CT molecular complexity index is 4320. The fourth-order valence-corrected chi connectivity index (χ4v) is 9.21. The summed E-state index contributed by atoms with van der Waals surface area (Å²) in [5.74, 6) is 0.836. The Morgan fingerprint density at radius 1 is 0.371 bits per heavy atom. The molecule has 0 atom stereocenters. The Labute approximate surface area is 379 Å². The summed E-state index contributed by atoms with van der Waals surface area (Å²) >= 11 is 1.65. The van der Waals surface area contributed by atoms with E-state index in [0.717, 1.165) is 42.4 Å². The quantitative estimate of drug-likeness (QED) is 0.161. The zero-order valence-corrected chi connectivity index (χ0v) is 33.4. The second-order valence-electron chi connectivity index (χ2n) is 14.7. The fourth-order valence-electron chi connectivity index (χ4n) is 8.06. The van der Waals surface area contributed by atoms with Gasteiger partial charge in [0.25, 0.3) is 0 Å². The minimum Gasteiger partial charge on any atom is -0.309 e. The summed E-state index contributed by atoms with van der Waals surface area (Å²) in [6.45, 7) is 0. The van der Waals surface area contributed by atoms with Gasteiger partial charge in [0.2, 0.25) is 0 Å². The molecule has 0 saturated carbocycles. The molecule has 0 fully saturated rings. The van der Waals surface area contributed by atoms with E-state index in [1.54, 1.807) is 17.4 Å². The van der Waals surface area contributed by atoms with Gasteiger partial charge in [-0.05, 0) is 81.8 Å². The van der Waals surface area contributed by atoms with E-state index in [9.17, 15) is 6.85 Å². The van der Waals surface area contributed by atoms with Crippen LogP contribution >= 0.6 is 11.3 Å². The third kappa shape index (κ3) is 6.26. The van der Waals surface area contributed by atoms with E-state index in [1.165, 1.54) is 4.57 Å². The maximum atomic E-state index is 9.81. The lowest BCUT2D eigenvalue weighted by atomic mass is 9.97. The van der Waals surface area contributed by atoms with Crippen LogP contribution < -0.4 is 0 Å². The van der Waals surface area contributed by atoms with Crippen LogP contribution in [0.15, 0.2) is 218 Å². The molecule has 0 saturated heterocycles. The van der Waals surface area contributed by atoms with Gasteiger partial charge in [-0.15, -0.1) is 11.3 Å². The zero-order chi connectivity index (χ0) is 51.4. The molecule has 0 bridgehead atoms. The predicted octanol–water partition coefficient (Wildman–Crippen LogP) is 15.3. The number of thiophene rings is 1. The monoisotopic (exact) mass is 820 g/mol. The van der Waals surface area contributed by atoms with Crippen LogP contribution in [-0.4, -0.2) is 19.5 Å². The molecule has 3 heterocycles. The van der Waals surface area contributed by atoms with Gasteiger partial charge in [0.05, 0.1) is 33.2 Å². The van der Waals surface area contributed by atoms with Crippen molar-refractivity contribution < 1.29 is 16.4 Å². The van der Waals surface area contributed by atoms with E-state index >= 15 is 0 Å². The summed E-state index contributed by atoms with van der Waals surface area (Å²) in [5.41, 5.74) is 4.25. The first-order chi connectivity index (χ1) is 35.7. The van der Waals surface area contributed by atoms with Crippen LogP contribution in [0.2, 0.25) is 0 Å². The van der Waals surface area contributed by atoms with E-state index in [0.29, 0.717) is 28.3 Å². The van der Waals surface area contributed by atoms with E-state index in [2.05, 4.69) is 30.3 Å². The average Bonchev–Trinajstić information content (AvgIpc) is 4.01. The minimum atomic E-state index is -0.704. The van der Waals surface area contributed by atoms with Crippen molar-refractivity contribution in [1.82, 2.24) is 19.5 Å². The van der Waals surface area contributed by atoms with E-state index < -0.39 is 83.6 Å². The Kier molecular flexibility index (Phi) is 6.16. The zero-order valence-electron chi connectivity index (χ0n) is 44.6. The Morgan fingerprint density at radius 3 is 1.84 bits per heavy atom. The Morgan fingerprint density at radius 2 is 1.00 bits per heavy atom. The van der Waals surface area contributed by atoms with Crippen molar-refractivity contribution in [2.75, 3.05) is 0 Å². The lowest BCUT2D eigenvalue weighted by Crippen LogP contribution is -2.04. The average molecular weight is 821 g/mol. The summed E-state index contributed by atoms with van der Waals surface area (Å²) in [6, 6.07) is 39.6. The van der Waals surface area contributed by atoms with Crippen LogP contribution in [-0.2, 0) is 0 Å². The number of hydrogen-bond acceptors (Lipinski definition) is 4. The molecule has 0 aliphatic rings. The van der Waals surface area contributed by atoms with Gasteiger partial charge in [-0.25, -0.2) is 15.0 Å². The van der Waals surface area contributed by atoms with Gasteiger partial charge in [0, 0.05) is 47.6 Å². The molecule has 0 aliphatic carbocycles. The molecule has 12 aromatic rings. The third-order valence-corrected chi connectivity index (χ3v) is 12.1. The number of hydrogen-bond donors (Lipinski definition) is 0. The van der Waals surface area contributed by atoms with Crippen LogP contribution in [0, 0.1) is 0 Å². The van der Waals surface area contributed by atoms with Crippen molar-refractivity contribution in [1.29, 1.82) is 0 Å². The van der Waals surface area contributed by atoms with E-state index in [4.69, 9.17) is 24.5 Å². The second-order valence-corrected chi connectivity index (χ2v) is 15.8. The number of benzene rings is 9. The van der Waals surface area contributed by atoms with Crippen molar-refractivity contribution in [3.05, 3.63) is 218 Å². The van der Waals surface area contributed by atoms with Gasteiger partial charge < -0.3 is 4.57 Å². The predicted molar refractivity (Wildman–Crippen MR) is 260 cm³/mol. The van der Waals surface area contributed by atoms with Crippen LogP contribution in [0.1, 0.15) is 16.4 Å². The smallest absolute Gasteiger partial charge is 0.166 e. The second kappa shape index (κ2) is 14.9. The molecule has 5 heteroatoms. The van der Waals surface area contributed by atoms with Crippen LogP contribution in [0.5, 0.6) is 0 Å². The lowest BCUT2D eigenvalue weighted by molar-refractivity contribution is 1.07. The molecule has 0 radical (unpaired) electrons. The molecule has 290 valence electrons. The van der Waals surface area contributed by atoms with Crippen molar-refractivity contribution in [3.63, 3.8) is 0 Å². The molecule has 0 aliphatic heterocycles. The van der Waals surface area contributed by atoms with Gasteiger partial charge >= 0.3 is 0 Å². The van der Waals surface area contributed by atoms with Crippen molar-refractivity contribution >= 4 is 53.3 Å². The molecular weight excluding hydrogens is 773 g/mol. The first-order valence-electron chi connectivity index (χ1n) is 25.9. The highest BCUT2D eigenvalue weighted by molar-refractivity contribution is 7.25. The number of nitrogens with zero attached hydrogens (tertiary/aromatic N) is 4. The molecule has 4 nitrogen and oxygen atoms in total. The SMILES string of the molecule is [2H]c1c([2H])c([2H])c(-c2c([2H])c([2H])c3c(c2[2H])c2c([2H])c([2H])c([2H])c([2H])c2n3-c2ccc(-c3cccc(-c4ccccc4)c3)cc2-c2nc(-c3ccccc3)nc(-c3ccc4c(c3)sc3ccccc34)n2)c([2H])c1[2H]. The van der Waals surface area contributed by atoms with Gasteiger partial charge in [-0.2, -0.15) is 0 Å². The molecule has 9 aromatic carbocycles. The van der Waals surface area contributed by atoms with Gasteiger partial charge in [-0.1, -0.05) is 170 Å². The number of rotatable bonds is 7. The molecule has 0 amide bonds. The molecule has 0 unspecified atom stereocenters. The number of fused-ring (bicyclic) bond motifs is 6. The molecule has 62 heavy (non-hydrogen) atoms. The van der Waals surface area contributed by atoms with Crippen LogP contribution in [0.4, 0.5) is 0 Å². The van der Waals surface area contributed by atoms with Gasteiger partial charge in [-0.3, -0.25) is 0 Å². The largest absolute Gasteiger partial charge is 0.309 e. The molecular formula is C57H36N4S. The third-order valence-electron chi connectivity index (χ3n) is 11.0. The molecule has 12 rings (SSSR count). The normalized spacial score (nSPS) is 14.3. The van der Waals surface area contributed by atoms with E-state index in [1.807, 2.05) is 109 Å². The molecule has 0 spiro atoms. The Hall–Kier alpha value is -7.99. The first-order valence-corrected chi connectivity index (χ1v) is 20.7. The van der Waals surface area contributed by atoms with Crippen LogP contribution in [0.3, 0.4) is 0 Å². The highest BCUT2D eigenvalue weighted by Gasteiger charge is 2.21. The van der Waals surface area contributed by atoms with Crippen molar-refractivity contribution in [2.45, 2.75) is 0 Å². The van der Waals surface area contributed by atoms with Crippen molar-refractivity contribution in [3.8, 4) is 73.2 Å². The van der Waals surface area contributed by atoms with E-state index in [-0.39, 0.29) is 33.3 Å². The molecule has 3 aromatic heterocycles. The topological polar surface area (TPSA) is 43.6 Å². The van der Waals surface area contributed by atoms with Crippen molar-refractivity contribution in [2.24, 2.45) is 0 Å². The summed E-state index contributed by atoms with van der Waals surface area (Å²) in [7, 11) is 0. The van der Waals surface area contributed by atoms with Gasteiger partial charge in [0.1, 0.15) is 0 Å². The van der Waals surface area contributed by atoms with Gasteiger partial charge in [0.15, 0.2) is 17.5 Å². The van der Waals surface area contributed by atoms with Crippen LogP contribution in [0.25, 0.3) is 115 Å². The highest BCUT2D eigenvalue weighted by Crippen LogP contribution is 2.41.